The van der Waals surface area contributed by atoms with Crippen molar-refractivity contribution < 1.29 is 18.0 Å². The second-order valence-electron chi connectivity index (χ2n) is 6.33. The molecule has 0 unspecified atom stereocenters. The lowest BCUT2D eigenvalue weighted by atomic mass is 10.1. The number of hydrogen-bond acceptors (Lipinski definition) is 4. The maximum atomic E-state index is 12.7. The first-order chi connectivity index (χ1) is 13.8. The number of amides is 1. The van der Waals surface area contributed by atoms with E-state index in [1.54, 1.807) is 5.38 Å². The Morgan fingerprint density at radius 1 is 0.966 bits per heavy atom. The summed E-state index contributed by atoms with van der Waals surface area (Å²) in [5.74, 6) is 5.25. The van der Waals surface area contributed by atoms with Crippen LogP contribution in [-0.2, 0) is 6.18 Å². The van der Waals surface area contributed by atoms with Gasteiger partial charge in [-0.1, -0.05) is 36.4 Å². The Morgan fingerprint density at radius 2 is 1.66 bits per heavy atom. The van der Waals surface area contributed by atoms with Gasteiger partial charge in [0.1, 0.15) is 0 Å². The summed E-state index contributed by atoms with van der Waals surface area (Å²) < 4.78 is 38.0. The third kappa shape index (κ3) is 3.85. The van der Waals surface area contributed by atoms with Gasteiger partial charge in [-0.05, 0) is 41.1 Å². The number of rotatable bonds is 3. The molecule has 0 aliphatic rings. The van der Waals surface area contributed by atoms with Crippen LogP contribution in [0.2, 0.25) is 0 Å². The number of benzene rings is 3. The van der Waals surface area contributed by atoms with Crippen LogP contribution in [0.1, 0.15) is 15.9 Å². The van der Waals surface area contributed by atoms with Crippen molar-refractivity contribution >= 4 is 33.1 Å². The van der Waals surface area contributed by atoms with Gasteiger partial charge < -0.3 is 0 Å². The maximum absolute atomic E-state index is 12.7. The summed E-state index contributed by atoms with van der Waals surface area (Å²) in [5.41, 5.74) is 0.751. The molecule has 0 aliphatic heterocycles. The topological polar surface area (TPSA) is 59.2 Å². The van der Waals surface area contributed by atoms with Crippen LogP contribution in [0.3, 0.4) is 0 Å². The van der Waals surface area contributed by atoms with Gasteiger partial charge in [-0.2, -0.15) is 13.2 Å². The summed E-state index contributed by atoms with van der Waals surface area (Å²) in [6.45, 7) is 0. The van der Waals surface area contributed by atoms with Crippen molar-refractivity contribution in [2.24, 2.45) is 5.84 Å². The molecule has 146 valence electrons. The van der Waals surface area contributed by atoms with Gasteiger partial charge in [-0.3, -0.25) is 4.79 Å². The van der Waals surface area contributed by atoms with E-state index < -0.39 is 17.6 Å². The third-order valence-corrected chi connectivity index (χ3v) is 5.26. The predicted octanol–water partition coefficient (Wildman–Crippen LogP) is 5.50. The lowest BCUT2D eigenvalue weighted by Gasteiger charge is -2.14. The fourth-order valence-corrected chi connectivity index (χ4v) is 3.64. The molecule has 2 N–H and O–H groups in total. The van der Waals surface area contributed by atoms with Crippen LogP contribution in [0.15, 0.2) is 72.1 Å². The number of halogens is 3. The molecule has 1 amide bonds. The first kappa shape index (κ1) is 19.1. The van der Waals surface area contributed by atoms with E-state index in [4.69, 9.17) is 5.84 Å². The van der Waals surface area contributed by atoms with Crippen LogP contribution in [0.25, 0.3) is 22.0 Å². The molecule has 0 saturated carbocycles. The quantitative estimate of drug-likeness (QED) is 0.274. The Labute approximate surface area is 168 Å². The summed E-state index contributed by atoms with van der Waals surface area (Å²) in [4.78, 5) is 16.9. The monoisotopic (exact) mass is 413 g/mol. The number of anilines is 1. The number of carbonyl (C=O) groups excluding carboxylic acids is 1. The number of alkyl halides is 3. The standard InChI is InChI=1S/C21H14F3N3OS/c22-21(23,24)17-9-7-14(8-10-17)19(28)27(25)20-26-18(12-29-20)16-6-5-13-3-1-2-4-15(13)11-16/h1-12H,25H2. The zero-order valence-corrected chi connectivity index (χ0v) is 15.7. The average Bonchev–Trinajstić information content (AvgIpc) is 3.22. The molecule has 1 aromatic heterocycles. The number of hydrazine groups is 1. The Bertz CT molecular complexity index is 1190. The van der Waals surface area contributed by atoms with Gasteiger partial charge in [0, 0.05) is 16.5 Å². The number of thiazole rings is 1. The summed E-state index contributed by atoms with van der Waals surface area (Å²) >= 11 is 1.18. The van der Waals surface area contributed by atoms with E-state index in [0.717, 1.165) is 45.6 Å². The van der Waals surface area contributed by atoms with Gasteiger partial charge in [0.15, 0.2) is 0 Å². The van der Waals surface area contributed by atoms with Crippen LogP contribution in [-0.4, -0.2) is 10.9 Å². The van der Waals surface area contributed by atoms with E-state index >= 15 is 0 Å². The second kappa shape index (κ2) is 7.31. The molecule has 4 aromatic rings. The molecule has 3 aromatic carbocycles. The Kier molecular flexibility index (Phi) is 4.81. The molecule has 4 rings (SSSR count). The van der Waals surface area contributed by atoms with E-state index in [0.29, 0.717) is 5.69 Å². The lowest BCUT2D eigenvalue weighted by molar-refractivity contribution is -0.137. The SMILES string of the molecule is NN(C(=O)c1ccc(C(F)(F)F)cc1)c1nc(-c2ccc3ccccc3c2)cs1. The molecule has 0 atom stereocenters. The number of fused-ring (bicyclic) bond motifs is 1. The van der Waals surface area contributed by atoms with Crippen molar-refractivity contribution in [1.82, 2.24) is 4.98 Å². The maximum Gasteiger partial charge on any atom is 0.416 e. The van der Waals surface area contributed by atoms with E-state index in [9.17, 15) is 18.0 Å². The van der Waals surface area contributed by atoms with E-state index in [1.807, 2.05) is 42.5 Å². The molecule has 4 nitrogen and oxygen atoms in total. The molecule has 0 saturated heterocycles. The van der Waals surface area contributed by atoms with Crippen molar-refractivity contribution in [2.45, 2.75) is 6.18 Å². The highest BCUT2D eigenvalue weighted by Gasteiger charge is 2.30. The molecule has 29 heavy (non-hydrogen) atoms. The molecule has 0 fully saturated rings. The summed E-state index contributed by atoms with van der Waals surface area (Å²) in [6.07, 6.45) is -4.46. The van der Waals surface area contributed by atoms with E-state index in [1.165, 1.54) is 11.3 Å². The molecule has 0 aliphatic carbocycles. The van der Waals surface area contributed by atoms with Crippen LogP contribution in [0.4, 0.5) is 18.3 Å². The lowest BCUT2D eigenvalue weighted by Crippen LogP contribution is -2.37. The summed E-state index contributed by atoms with van der Waals surface area (Å²) in [5, 5.41) is 5.03. The second-order valence-corrected chi connectivity index (χ2v) is 7.16. The summed E-state index contributed by atoms with van der Waals surface area (Å²) in [7, 11) is 0. The summed E-state index contributed by atoms with van der Waals surface area (Å²) in [6, 6.07) is 17.7. The van der Waals surface area contributed by atoms with Gasteiger partial charge in [-0.25, -0.2) is 15.8 Å². The minimum atomic E-state index is -4.46. The smallest absolute Gasteiger partial charge is 0.267 e. The molecule has 8 heteroatoms. The highest BCUT2D eigenvalue weighted by atomic mass is 32.1. The highest BCUT2D eigenvalue weighted by Crippen LogP contribution is 2.31. The molecular weight excluding hydrogens is 399 g/mol. The number of aromatic nitrogens is 1. The average molecular weight is 413 g/mol. The van der Waals surface area contributed by atoms with Gasteiger partial charge >= 0.3 is 6.18 Å². The van der Waals surface area contributed by atoms with E-state index in [-0.39, 0.29) is 10.7 Å². The van der Waals surface area contributed by atoms with Gasteiger partial charge in [-0.15, -0.1) is 11.3 Å². The normalized spacial score (nSPS) is 11.6. The van der Waals surface area contributed by atoms with Crippen LogP contribution in [0, 0.1) is 0 Å². The zero-order valence-electron chi connectivity index (χ0n) is 14.9. The first-order valence-corrected chi connectivity index (χ1v) is 9.42. The van der Waals surface area contributed by atoms with Crippen molar-refractivity contribution in [3.63, 3.8) is 0 Å². The number of nitrogens with zero attached hydrogens (tertiary/aromatic N) is 2. The van der Waals surface area contributed by atoms with Crippen LogP contribution >= 0.6 is 11.3 Å². The third-order valence-electron chi connectivity index (χ3n) is 4.42. The minimum Gasteiger partial charge on any atom is -0.267 e. The molecular formula is C21H14F3N3OS. The number of nitrogens with two attached hydrogens (primary N) is 1. The van der Waals surface area contributed by atoms with Crippen LogP contribution < -0.4 is 10.9 Å². The van der Waals surface area contributed by atoms with Crippen LogP contribution in [0.5, 0.6) is 0 Å². The van der Waals surface area contributed by atoms with Crippen molar-refractivity contribution in [3.8, 4) is 11.3 Å². The predicted molar refractivity (Wildman–Crippen MR) is 107 cm³/mol. The molecule has 0 bridgehead atoms. The van der Waals surface area contributed by atoms with Gasteiger partial charge in [0.25, 0.3) is 5.91 Å². The minimum absolute atomic E-state index is 0.0444. The fraction of sp³-hybridized carbons (Fsp3) is 0.0476. The Morgan fingerprint density at radius 3 is 2.34 bits per heavy atom. The highest BCUT2D eigenvalue weighted by molar-refractivity contribution is 7.14. The molecule has 0 radical (unpaired) electrons. The van der Waals surface area contributed by atoms with Gasteiger partial charge in [0.05, 0.1) is 11.3 Å². The Balaban J connectivity index is 1.57. The zero-order chi connectivity index (χ0) is 20.6. The van der Waals surface area contributed by atoms with Crippen molar-refractivity contribution in [3.05, 3.63) is 83.2 Å². The molecule has 1 heterocycles. The number of carbonyl (C=O) groups is 1. The first-order valence-electron chi connectivity index (χ1n) is 8.54. The Hall–Kier alpha value is -3.23. The fourth-order valence-electron chi connectivity index (χ4n) is 2.88. The number of hydrogen-bond donors (Lipinski definition) is 1. The van der Waals surface area contributed by atoms with Crippen molar-refractivity contribution in [2.75, 3.05) is 5.01 Å². The van der Waals surface area contributed by atoms with Gasteiger partial charge in [0.2, 0.25) is 5.13 Å². The van der Waals surface area contributed by atoms with E-state index in [2.05, 4.69) is 4.98 Å². The molecule has 0 spiro atoms. The largest absolute Gasteiger partial charge is 0.416 e. The van der Waals surface area contributed by atoms with Crippen molar-refractivity contribution in [1.29, 1.82) is 0 Å².